The zero-order chi connectivity index (χ0) is 15.7. The van der Waals surface area contributed by atoms with Crippen LogP contribution in [0.2, 0.25) is 0 Å². The van der Waals surface area contributed by atoms with Crippen molar-refractivity contribution < 1.29 is 0 Å². The molecule has 0 saturated heterocycles. The summed E-state index contributed by atoms with van der Waals surface area (Å²) in [6, 6.07) is 11.0. The van der Waals surface area contributed by atoms with Crippen LogP contribution in [0.5, 0.6) is 0 Å². The first kappa shape index (κ1) is 14.8. The van der Waals surface area contributed by atoms with Crippen LogP contribution in [0.15, 0.2) is 35.4 Å². The van der Waals surface area contributed by atoms with Gasteiger partial charge < -0.3 is 0 Å². The lowest BCUT2D eigenvalue weighted by Gasteiger charge is -2.24. The van der Waals surface area contributed by atoms with Crippen LogP contribution in [0.3, 0.4) is 0 Å². The minimum Gasteiger partial charge on any atom is -0.285 e. The molecule has 1 aliphatic heterocycles. The zero-order valence-corrected chi connectivity index (χ0v) is 13.9. The maximum atomic E-state index is 4.77. The molecule has 22 heavy (non-hydrogen) atoms. The summed E-state index contributed by atoms with van der Waals surface area (Å²) in [5.74, 6) is 0. The van der Waals surface area contributed by atoms with Crippen molar-refractivity contribution in [3.8, 4) is 0 Å². The molecule has 1 aliphatic rings. The van der Waals surface area contributed by atoms with E-state index < -0.39 is 0 Å². The van der Waals surface area contributed by atoms with Gasteiger partial charge in [0, 0.05) is 29.9 Å². The van der Waals surface area contributed by atoms with Crippen LogP contribution in [0.25, 0.3) is 0 Å². The number of hydrazone groups is 1. The van der Waals surface area contributed by atoms with Crippen LogP contribution in [0, 0.1) is 13.8 Å². The average Bonchev–Trinajstić information content (AvgIpc) is 3.02. The summed E-state index contributed by atoms with van der Waals surface area (Å²) < 4.78 is 2.08. The molecule has 4 nitrogen and oxygen atoms in total. The Morgan fingerprint density at radius 2 is 1.86 bits per heavy atom. The molecule has 0 radical (unpaired) electrons. The number of hydrogen-bond donors (Lipinski definition) is 0. The fourth-order valence-electron chi connectivity index (χ4n) is 3.26. The Hall–Kier alpha value is -2.10. The smallest absolute Gasteiger partial charge is 0.0776 e. The number of hydrogen-bond acceptors (Lipinski definition) is 3. The number of nitrogens with zero attached hydrogens (tertiary/aromatic N) is 4. The molecule has 0 fully saturated rings. The lowest BCUT2D eigenvalue weighted by Crippen LogP contribution is -2.20. The van der Waals surface area contributed by atoms with Gasteiger partial charge in [-0.15, -0.1) is 0 Å². The van der Waals surface area contributed by atoms with Crippen molar-refractivity contribution in [2.45, 2.75) is 53.2 Å². The molecule has 0 bridgehead atoms. The largest absolute Gasteiger partial charge is 0.285 e. The Morgan fingerprint density at radius 3 is 2.50 bits per heavy atom. The third-order valence-corrected chi connectivity index (χ3v) is 4.48. The van der Waals surface area contributed by atoms with Gasteiger partial charge in [0.2, 0.25) is 0 Å². The van der Waals surface area contributed by atoms with E-state index in [0.29, 0.717) is 6.04 Å². The molecule has 1 aromatic carbocycles. The van der Waals surface area contributed by atoms with Crippen molar-refractivity contribution in [1.29, 1.82) is 0 Å². The number of aryl methyl sites for hydroxylation is 2. The van der Waals surface area contributed by atoms with Crippen molar-refractivity contribution >= 4 is 5.71 Å². The van der Waals surface area contributed by atoms with E-state index in [4.69, 9.17) is 5.10 Å². The summed E-state index contributed by atoms with van der Waals surface area (Å²) in [6.45, 7) is 10.2. The topological polar surface area (TPSA) is 33.4 Å². The molecule has 0 unspecified atom stereocenters. The van der Waals surface area contributed by atoms with E-state index >= 15 is 0 Å². The first-order valence-electron chi connectivity index (χ1n) is 7.98. The molecule has 116 valence electrons. The van der Waals surface area contributed by atoms with Crippen molar-refractivity contribution in [1.82, 2.24) is 14.8 Å². The Labute approximate surface area is 132 Å². The van der Waals surface area contributed by atoms with E-state index in [1.165, 1.54) is 22.5 Å². The lowest BCUT2D eigenvalue weighted by atomic mass is 10.0. The van der Waals surface area contributed by atoms with E-state index in [2.05, 4.69) is 72.8 Å². The Bertz CT molecular complexity index is 685. The van der Waals surface area contributed by atoms with Gasteiger partial charge in [-0.25, -0.2) is 0 Å². The van der Waals surface area contributed by atoms with Gasteiger partial charge in [-0.2, -0.15) is 10.2 Å². The first-order valence-corrected chi connectivity index (χ1v) is 7.98. The minimum atomic E-state index is 0.338. The maximum Gasteiger partial charge on any atom is 0.0776 e. The van der Waals surface area contributed by atoms with Crippen molar-refractivity contribution in [3.63, 3.8) is 0 Å². The molecule has 2 heterocycles. The Morgan fingerprint density at radius 1 is 1.14 bits per heavy atom. The minimum absolute atomic E-state index is 0.338. The number of benzene rings is 1. The molecule has 0 saturated carbocycles. The second-order valence-corrected chi connectivity index (χ2v) is 6.03. The second-order valence-electron chi connectivity index (χ2n) is 6.03. The highest BCUT2D eigenvalue weighted by Gasteiger charge is 2.27. The number of rotatable bonds is 4. The van der Waals surface area contributed by atoms with Crippen molar-refractivity contribution in [3.05, 3.63) is 52.8 Å². The maximum absolute atomic E-state index is 4.77. The third-order valence-electron chi connectivity index (χ3n) is 4.48. The summed E-state index contributed by atoms with van der Waals surface area (Å²) in [5, 5.41) is 11.6. The molecule has 0 spiro atoms. The van der Waals surface area contributed by atoms with E-state index in [1.54, 1.807) is 0 Å². The van der Waals surface area contributed by atoms with Crippen molar-refractivity contribution in [2.24, 2.45) is 5.10 Å². The standard InChI is InChI=1S/C18H24N4/c1-5-21-15(4)17(14(3)20-21)12-22-18(11-13(2)19-22)16-9-7-6-8-10-16/h6-10,18H,5,11-12H2,1-4H3/t18-/m0/s1. The molecule has 0 amide bonds. The fourth-order valence-corrected chi connectivity index (χ4v) is 3.26. The highest BCUT2D eigenvalue weighted by Crippen LogP contribution is 2.32. The van der Waals surface area contributed by atoms with Crippen LogP contribution >= 0.6 is 0 Å². The van der Waals surface area contributed by atoms with Gasteiger partial charge in [-0.05, 0) is 33.3 Å². The summed E-state index contributed by atoms with van der Waals surface area (Å²) in [6.07, 6.45) is 1.00. The first-order chi connectivity index (χ1) is 10.6. The van der Waals surface area contributed by atoms with Crippen molar-refractivity contribution in [2.75, 3.05) is 0 Å². The van der Waals surface area contributed by atoms with E-state index in [1.807, 2.05) is 0 Å². The molecular weight excluding hydrogens is 272 g/mol. The second kappa shape index (κ2) is 5.95. The van der Waals surface area contributed by atoms with Crippen LogP contribution in [0.4, 0.5) is 0 Å². The number of aromatic nitrogens is 2. The fraction of sp³-hybridized carbons (Fsp3) is 0.444. The molecule has 0 aliphatic carbocycles. The van der Waals surface area contributed by atoms with Crippen LogP contribution < -0.4 is 0 Å². The molecular formula is C18H24N4. The third kappa shape index (κ3) is 2.65. The van der Waals surface area contributed by atoms with E-state index in [9.17, 15) is 0 Å². The van der Waals surface area contributed by atoms with Gasteiger partial charge in [0.05, 0.1) is 18.3 Å². The normalized spacial score (nSPS) is 17.9. The van der Waals surface area contributed by atoms with E-state index in [0.717, 1.165) is 25.2 Å². The molecule has 3 rings (SSSR count). The zero-order valence-electron chi connectivity index (χ0n) is 13.9. The molecule has 2 aromatic rings. The lowest BCUT2D eigenvalue weighted by molar-refractivity contribution is 0.223. The highest BCUT2D eigenvalue weighted by molar-refractivity contribution is 5.83. The van der Waals surface area contributed by atoms with Gasteiger partial charge in [-0.3, -0.25) is 9.69 Å². The monoisotopic (exact) mass is 296 g/mol. The SMILES string of the molecule is CCn1nc(C)c(CN2N=C(C)C[C@H]2c2ccccc2)c1C. The Kier molecular flexibility index (Phi) is 4.01. The van der Waals surface area contributed by atoms with Crippen LogP contribution in [-0.2, 0) is 13.1 Å². The molecule has 0 N–H and O–H groups in total. The molecule has 4 heteroatoms. The molecule has 1 aromatic heterocycles. The summed E-state index contributed by atoms with van der Waals surface area (Å²) in [5.41, 5.74) is 6.21. The van der Waals surface area contributed by atoms with Gasteiger partial charge in [-0.1, -0.05) is 30.3 Å². The summed E-state index contributed by atoms with van der Waals surface area (Å²) in [7, 11) is 0. The quantitative estimate of drug-likeness (QED) is 0.859. The molecule has 1 atom stereocenters. The predicted octanol–water partition coefficient (Wildman–Crippen LogP) is 3.84. The highest BCUT2D eigenvalue weighted by atomic mass is 15.5. The average molecular weight is 296 g/mol. The van der Waals surface area contributed by atoms with Gasteiger partial charge >= 0.3 is 0 Å². The Balaban J connectivity index is 1.88. The van der Waals surface area contributed by atoms with Gasteiger partial charge in [0.15, 0.2) is 0 Å². The van der Waals surface area contributed by atoms with Gasteiger partial charge in [0.1, 0.15) is 0 Å². The predicted molar refractivity (Wildman–Crippen MR) is 89.8 cm³/mol. The van der Waals surface area contributed by atoms with Crippen LogP contribution in [0.1, 0.15) is 48.8 Å². The van der Waals surface area contributed by atoms with E-state index in [-0.39, 0.29) is 0 Å². The summed E-state index contributed by atoms with van der Waals surface area (Å²) in [4.78, 5) is 0. The van der Waals surface area contributed by atoms with Gasteiger partial charge in [0.25, 0.3) is 0 Å². The van der Waals surface area contributed by atoms with Crippen LogP contribution in [-0.4, -0.2) is 20.5 Å². The summed E-state index contributed by atoms with van der Waals surface area (Å²) >= 11 is 0.